The standard InChI is InChI=1S/C18H29NO/c20-17-19-16-12-7-5-3-1-2-4-6-9-13-18-14-10-8-11-15-18/h8,10-11,14-15,17H,1-7,9,12-13,16H2,(H,19,20). The molecule has 0 saturated carbocycles. The second-order valence-electron chi connectivity index (χ2n) is 5.49. The van der Waals surface area contributed by atoms with Crippen molar-refractivity contribution < 1.29 is 4.79 Å². The van der Waals surface area contributed by atoms with E-state index in [2.05, 4.69) is 35.6 Å². The molecule has 1 aromatic carbocycles. The lowest BCUT2D eigenvalue weighted by atomic mass is 10.0. The van der Waals surface area contributed by atoms with Crippen molar-refractivity contribution in [1.29, 1.82) is 0 Å². The van der Waals surface area contributed by atoms with Crippen LogP contribution < -0.4 is 5.32 Å². The number of carbonyl (C=O) groups excluding carboxylic acids is 1. The van der Waals surface area contributed by atoms with Gasteiger partial charge in [-0.2, -0.15) is 0 Å². The monoisotopic (exact) mass is 275 g/mol. The second kappa shape index (κ2) is 12.7. The van der Waals surface area contributed by atoms with Gasteiger partial charge in [-0.25, -0.2) is 0 Å². The van der Waals surface area contributed by atoms with Crippen LogP contribution in [-0.4, -0.2) is 13.0 Å². The Balaban J connectivity index is 1.78. The van der Waals surface area contributed by atoms with Crippen LogP contribution in [0.15, 0.2) is 30.3 Å². The zero-order valence-electron chi connectivity index (χ0n) is 12.7. The molecule has 0 fully saturated rings. The lowest BCUT2D eigenvalue weighted by molar-refractivity contribution is -0.109. The number of hydrogen-bond acceptors (Lipinski definition) is 1. The predicted molar refractivity (Wildman–Crippen MR) is 85.8 cm³/mol. The number of hydrogen-bond donors (Lipinski definition) is 1. The minimum absolute atomic E-state index is 0.787. The van der Waals surface area contributed by atoms with Crippen LogP contribution >= 0.6 is 0 Å². The summed E-state index contributed by atoms with van der Waals surface area (Å²) in [6.45, 7) is 0.836. The van der Waals surface area contributed by atoms with Crippen molar-refractivity contribution in [3.63, 3.8) is 0 Å². The molecule has 0 aromatic heterocycles. The predicted octanol–water partition coefficient (Wildman–Crippen LogP) is 4.49. The molecule has 2 heteroatoms. The first-order valence-corrected chi connectivity index (χ1v) is 8.14. The molecule has 0 heterocycles. The summed E-state index contributed by atoms with van der Waals surface area (Å²) >= 11 is 0. The van der Waals surface area contributed by atoms with E-state index in [4.69, 9.17) is 0 Å². The average molecular weight is 275 g/mol. The topological polar surface area (TPSA) is 29.1 Å². The Morgan fingerprint density at radius 2 is 1.30 bits per heavy atom. The van der Waals surface area contributed by atoms with E-state index < -0.39 is 0 Å². The maximum atomic E-state index is 10.0. The van der Waals surface area contributed by atoms with Crippen LogP contribution in [0.2, 0.25) is 0 Å². The maximum absolute atomic E-state index is 10.0. The van der Waals surface area contributed by atoms with Crippen molar-refractivity contribution in [2.45, 2.75) is 64.2 Å². The Kier molecular flexibility index (Phi) is 10.6. The molecule has 20 heavy (non-hydrogen) atoms. The molecule has 1 N–H and O–H groups in total. The maximum Gasteiger partial charge on any atom is 0.207 e. The lowest BCUT2D eigenvalue weighted by Gasteiger charge is -2.03. The van der Waals surface area contributed by atoms with E-state index >= 15 is 0 Å². The molecular formula is C18H29NO. The molecular weight excluding hydrogens is 246 g/mol. The van der Waals surface area contributed by atoms with Crippen molar-refractivity contribution in [2.75, 3.05) is 6.54 Å². The van der Waals surface area contributed by atoms with Crippen molar-refractivity contribution in [2.24, 2.45) is 0 Å². The highest BCUT2D eigenvalue weighted by Gasteiger charge is 1.94. The van der Waals surface area contributed by atoms with Gasteiger partial charge in [-0.1, -0.05) is 75.3 Å². The van der Waals surface area contributed by atoms with Crippen molar-refractivity contribution in [3.8, 4) is 0 Å². The molecule has 1 rings (SSSR count). The fourth-order valence-electron chi connectivity index (χ4n) is 2.50. The van der Waals surface area contributed by atoms with E-state index in [-0.39, 0.29) is 0 Å². The Labute approximate surface area is 124 Å². The Bertz CT molecular complexity index is 323. The van der Waals surface area contributed by atoms with E-state index in [9.17, 15) is 4.79 Å². The van der Waals surface area contributed by atoms with Crippen LogP contribution in [-0.2, 0) is 11.2 Å². The van der Waals surface area contributed by atoms with Crippen LogP contribution in [0.4, 0.5) is 0 Å². The highest BCUT2D eigenvalue weighted by Crippen LogP contribution is 2.11. The van der Waals surface area contributed by atoms with Gasteiger partial charge in [0.2, 0.25) is 6.41 Å². The molecule has 0 unspecified atom stereocenters. The minimum atomic E-state index is 0.787. The summed E-state index contributed by atoms with van der Waals surface area (Å²) in [5.74, 6) is 0. The lowest BCUT2D eigenvalue weighted by Crippen LogP contribution is -2.11. The van der Waals surface area contributed by atoms with Crippen molar-refractivity contribution in [1.82, 2.24) is 5.32 Å². The number of nitrogens with one attached hydrogen (secondary N) is 1. The summed E-state index contributed by atoms with van der Waals surface area (Å²) in [5, 5.41) is 2.71. The quantitative estimate of drug-likeness (QED) is 0.417. The molecule has 0 aliphatic rings. The normalized spacial score (nSPS) is 10.4. The highest BCUT2D eigenvalue weighted by molar-refractivity contribution is 5.45. The summed E-state index contributed by atoms with van der Waals surface area (Å²) in [6.07, 6.45) is 13.8. The zero-order valence-corrected chi connectivity index (χ0v) is 12.7. The third-order valence-corrected chi connectivity index (χ3v) is 3.71. The summed E-state index contributed by atoms with van der Waals surface area (Å²) < 4.78 is 0. The third kappa shape index (κ3) is 9.60. The summed E-state index contributed by atoms with van der Waals surface area (Å²) in [4.78, 5) is 10.0. The molecule has 1 aromatic rings. The number of benzene rings is 1. The van der Waals surface area contributed by atoms with E-state index in [1.165, 1.54) is 63.4 Å². The van der Waals surface area contributed by atoms with Gasteiger partial charge >= 0.3 is 0 Å². The average Bonchev–Trinajstić information content (AvgIpc) is 2.49. The second-order valence-corrected chi connectivity index (χ2v) is 5.49. The number of amides is 1. The van der Waals surface area contributed by atoms with E-state index in [0.29, 0.717) is 0 Å². The Hall–Kier alpha value is -1.31. The summed E-state index contributed by atoms with van der Waals surface area (Å²) in [6, 6.07) is 10.8. The van der Waals surface area contributed by atoms with E-state index in [0.717, 1.165) is 19.4 Å². The highest BCUT2D eigenvalue weighted by atomic mass is 16.1. The van der Waals surface area contributed by atoms with E-state index in [1.54, 1.807) is 0 Å². The van der Waals surface area contributed by atoms with Gasteiger partial charge in [0.1, 0.15) is 0 Å². The molecule has 0 bridgehead atoms. The molecule has 0 spiro atoms. The number of rotatable bonds is 13. The fourth-order valence-corrected chi connectivity index (χ4v) is 2.50. The fraction of sp³-hybridized carbons (Fsp3) is 0.611. The molecule has 1 amide bonds. The molecule has 2 nitrogen and oxygen atoms in total. The number of aryl methyl sites for hydroxylation is 1. The first-order valence-electron chi connectivity index (χ1n) is 8.14. The molecule has 0 aliphatic carbocycles. The molecule has 0 atom stereocenters. The molecule has 0 aliphatic heterocycles. The van der Waals surface area contributed by atoms with Gasteiger partial charge in [-0.05, 0) is 24.8 Å². The van der Waals surface area contributed by atoms with Crippen LogP contribution in [0.25, 0.3) is 0 Å². The largest absolute Gasteiger partial charge is 0.359 e. The molecule has 112 valence electrons. The minimum Gasteiger partial charge on any atom is -0.359 e. The van der Waals surface area contributed by atoms with Crippen LogP contribution in [0.1, 0.15) is 63.4 Å². The van der Waals surface area contributed by atoms with Gasteiger partial charge in [0.15, 0.2) is 0 Å². The van der Waals surface area contributed by atoms with Gasteiger partial charge in [0, 0.05) is 6.54 Å². The van der Waals surface area contributed by atoms with Gasteiger partial charge < -0.3 is 5.32 Å². The Morgan fingerprint density at radius 1 is 0.750 bits per heavy atom. The summed E-state index contributed by atoms with van der Waals surface area (Å²) in [7, 11) is 0. The van der Waals surface area contributed by atoms with Gasteiger partial charge in [-0.15, -0.1) is 0 Å². The molecule has 0 radical (unpaired) electrons. The van der Waals surface area contributed by atoms with Gasteiger partial charge in [-0.3, -0.25) is 4.79 Å². The van der Waals surface area contributed by atoms with Crippen LogP contribution in [0, 0.1) is 0 Å². The number of unbranched alkanes of at least 4 members (excludes halogenated alkanes) is 8. The Morgan fingerprint density at radius 3 is 1.90 bits per heavy atom. The SMILES string of the molecule is O=CNCCCCCCCCCCCc1ccccc1. The van der Waals surface area contributed by atoms with Crippen molar-refractivity contribution >= 4 is 6.41 Å². The summed E-state index contributed by atoms with van der Waals surface area (Å²) in [5.41, 5.74) is 1.47. The number of carbonyl (C=O) groups is 1. The van der Waals surface area contributed by atoms with Crippen LogP contribution in [0.5, 0.6) is 0 Å². The van der Waals surface area contributed by atoms with Gasteiger partial charge in [0.25, 0.3) is 0 Å². The van der Waals surface area contributed by atoms with E-state index in [1.807, 2.05) is 0 Å². The van der Waals surface area contributed by atoms with Crippen molar-refractivity contribution in [3.05, 3.63) is 35.9 Å². The first-order chi connectivity index (χ1) is 9.93. The third-order valence-electron chi connectivity index (χ3n) is 3.71. The van der Waals surface area contributed by atoms with Crippen LogP contribution in [0.3, 0.4) is 0 Å². The zero-order chi connectivity index (χ0) is 14.3. The van der Waals surface area contributed by atoms with Gasteiger partial charge in [0.05, 0.1) is 0 Å². The smallest absolute Gasteiger partial charge is 0.207 e. The molecule has 0 saturated heterocycles. The first kappa shape index (κ1) is 16.7.